The van der Waals surface area contributed by atoms with Crippen LogP contribution in [0.25, 0.3) is 0 Å². The van der Waals surface area contributed by atoms with Gasteiger partial charge in [0.25, 0.3) is 5.91 Å². The van der Waals surface area contributed by atoms with E-state index in [1.165, 1.54) is 5.56 Å². The van der Waals surface area contributed by atoms with Gasteiger partial charge in [-0.2, -0.15) is 0 Å². The Morgan fingerprint density at radius 2 is 1.89 bits per heavy atom. The number of fused-ring (bicyclic) bond motifs is 1. The summed E-state index contributed by atoms with van der Waals surface area (Å²) in [5, 5.41) is 3.39. The van der Waals surface area contributed by atoms with Crippen LogP contribution in [0, 0.1) is 0 Å². The summed E-state index contributed by atoms with van der Waals surface area (Å²) in [7, 11) is 0. The second kappa shape index (κ2) is 5.51. The molecule has 1 aliphatic heterocycles. The van der Waals surface area contributed by atoms with Gasteiger partial charge >= 0.3 is 0 Å². The Balaban J connectivity index is 1.64. The van der Waals surface area contributed by atoms with Gasteiger partial charge in [0.15, 0.2) is 0 Å². The highest BCUT2D eigenvalue weighted by Gasteiger charge is 2.22. The van der Waals surface area contributed by atoms with Gasteiger partial charge in [0, 0.05) is 17.0 Å². The Bertz CT molecular complexity index is 481. The molecule has 1 aromatic rings. The fraction of sp³-hybridized carbons (Fsp3) is 0.533. The number of benzene rings is 1. The number of carbonyl (C=O) groups is 1. The lowest BCUT2D eigenvalue weighted by atomic mass is 9.94. The fourth-order valence-corrected chi connectivity index (χ4v) is 3.03. The lowest BCUT2D eigenvalue weighted by Crippen LogP contribution is -2.37. The molecular formula is C15H18ClNO2. The van der Waals surface area contributed by atoms with Crippen LogP contribution in [0.5, 0.6) is 0 Å². The zero-order valence-corrected chi connectivity index (χ0v) is 11.6. The Morgan fingerprint density at radius 3 is 2.68 bits per heavy atom. The van der Waals surface area contributed by atoms with Crippen molar-refractivity contribution in [3.8, 4) is 0 Å². The van der Waals surface area contributed by atoms with Crippen LogP contribution in [-0.4, -0.2) is 17.3 Å². The molecule has 1 fully saturated rings. The molecule has 1 heterocycles. The molecule has 3 nitrogen and oxygen atoms in total. The zero-order valence-electron chi connectivity index (χ0n) is 10.8. The minimum atomic E-state index is 0.0210. The van der Waals surface area contributed by atoms with Crippen LogP contribution in [0.15, 0.2) is 18.2 Å². The van der Waals surface area contributed by atoms with E-state index in [0.29, 0.717) is 13.2 Å². The summed E-state index contributed by atoms with van der Waals surface area (Å²) < 4.78 is 5.37. The fourth-order valence-electron chi connectivity index (χ4n) is 2.78. The molecule has 1 aliphatic carbocycles. The van der Waals surface area contributed by atoms with E-state index < -0.39 is 0 Å². The van der Waals surface area contributed by atoms with E-state index in [0.717, 1.165) is 36.8 Å². The summed E-state index contributed by atoms with van der Waals surface area (Å²) in [5.74, 6) is 0.0210. The summed E-state index contributed by atoms with van der Waals surface area (Å²) in [6.07, 6.45) is 3.94. The predicted molar refractivity (Wildman–Crippen MR) is 74.3 cm³/mol. The molecule has 0 aromatic heterocycles. The van der Waals surface area contributed by atoms with Crippen LogP contribution in [0.3, 0.4) is 0 Å². The van der Waals surface area contributed by atoms with E-state index in [1.54, 1.807) is 0 Å². The largest absolute Gasteiger partial charge is 0.372 e. The number of alkyl halides is 1. The van der Waals surface area contributed by atoms with Crippen LogP contribution < -0.4 is 5.32 Å². The van der Waals surface area contributed by atoms with Crippen molar-refractivity contribution in [2.75, 3.05) is 0 Å². The highest BCUT2D eigenvalue weighted by atomic mass is 35.5. The Kier molecular flexibility index (Phi) is 3.76. The molecule has 1 N–H and O–H groups in total. The second-order valence-corrected chi connectivity index (χ2v) is 6.02. The number of amides is 1. The minimum absolute atomic E-state index is 0.0210. The van der Waals surface area contributed by atoms with E-state index in [1.807, 2.05) is 18.2 Å². The van der Waals surface area contributed by atoms with Gasteiger partial charge in [-0.25, -0.2) is 0 Å². The van der Waals surface area contributed by atoms with Crippen molar-refractivity contribution in [3.63, 3.8) is 0 Å². The maximum Gasteiger partial charge on any atom is 0.251 e. The number of hydrogen-bond acceptors (Lipinski definition) is 2. The van der Waals surface area contributed by atoms with Gasteiger partial charge in [0.1, 0.15) is 0 Å². The molecule has 3 rings (SSSR count). The number of carbonyl (C=O) groups excluding carboxylic acids is 1. The second-order valence-electron chi connectivity index (χ2n) is 5.40. The average molecular weight is 280 g/mol. The van der Waals surface area contributed by atoms with Gasteiger partial charge in [-0.05, 0) is 48.9 Å². The summed E-state index contributed by atoms with van der Waals surface area (Å²) in [4.78, 5) is 12.2. The van der Waals surface area contributed by atoms with Crippen molar-refractivity contribution < 1.29 is 9.53 Å². The van der Waals surface area contributed by atoms with Crippen molar-refractivity contribution in [1.82, 2.24) is 5.32 Å². The van der Waals surface area contributed by atoms with Gasteiger partial charge < -0.3 is 10.1 Å². The molecule has 0 spiro atoms. The van der Waals surface area contributed by atoms with Crippen LogP contribution in [0.4, 0.5) is 0 Å². The monoisotopic (exact) mass is 279 g/mol. The van der Waals surface area contributed by atoms with Crippen LogP contribution in [0.1, 0.15) is 47.2 Å². The van der Waals surface area contributed by atoms with Gasteiger partial charge in [0.05, 0.1) is 13.2 Å². The maximum absolute atomic E-state index is 12.2. The molecule has 0 atom stereocenters. The summed E-state index contributed by atoms with van der Waals surface area (Å²) in [6.45, 7) is 1.28. The van der Waals surface area contributed by atoms with E-state index in [9.17, 15) is 4.79 Å². The standard InChI is InChI=1S/C15H18ClNO2/c16-13-3-5-14(6-4-13)17-15(18)10-1-2-11-8-19-9-12(11)7-10/h1-2,7,13-14H,3-6,8-9H2,(H,17,18). The lowest BCUT2D eigenvalue weighted by molar-refractivity contribution is 0.0928. The molecule has 2 aliphatic rings. The van der Waals surface area contributed by atoms with Gasteiger partial charge in [-0.3, -0.25) is 4.79 Å². The topological polar surface area (TPSA) is 38.3 Å². The van der Waals surface area contributed by atoms with Crippen molar-refractivity contribution >= 4 is 17.5 Å². The number of rotatable bonds is 2. The molecule has 19 heavy (non-hydrogen) atoms. The SMILES string of the molecule is O=C(NC1CCC(Cl)CC1)c1ccc2c(c1)COC2. The van der Waals surface area contributed by atoms with Crippen molar-refractivity contribution in [1.29, 1.82) is 0 Å². The minimum Gasteiger partial charge on any atom is -0.372 e. The first-order chi connectivity index (χ1) is 9.22. The lowest BCUT2D eigenvalue weighted by Gasteiger charge is -2.25. The molecule has 0 unspecified atom stereocenters. The third-order valence-corrected chi connectivity index (χ3v) is 4.41. The number of ether oxygens (including phenoxy) is 1. The summed E-state index contributed by atoms with van der Waals surface area (Å²) in [6, 6.07) is 6.10. The van der Waals surface area contributed by atoms with Crippen molar-refractivity contribution in [3.05, 3.63) is 34.9 Å². The molecule has 102 valence electrons. The van der Waals surface area contributed by atoms with Crippen LogP contribution in [-0.2, 0) is 18.0 Å². The normalized spacial score (nSPS) is 25.9. The van der Waals surface area contributed by atoms with Gasteiger partial charge in [0.2, 0.25) is 0 Å². The Hall–Kier alpha value is -1.06. The molecule has 1 amide bonds. The van der Waals surface area contributed by atoms with Gasteiger partial charge in [-0.1, -0.05) is 6.07 Å². The van der Waals surface area contributed by atoms with Crippen molar-refractivity contribution in [2.24, 2.45) is 0 Å². The smallest absolute Gasteiger partial charge is 0.251 e. The first-order valence-electron chi connectivity index (χ1n) is 6.87. The molecule has 0 saturated heterocycles. The maximum atomic E-state index is 12.2. The summed E-state index contributed by atoms with van der Waals surface area (Å²) >= 11 is 6.07. The van der Waals surface area contributed by atoms with E-state index in [4.69, 9.17) is 16.3 Å². The molecule has 1 aromatic carbocycles. The third-order valence-electron chi connectivity index (χ3n) is 3.98. The Labute approximate surface area is 118 Å². The predicted octanol–water partition coefficient (Wildman–Crippen LogP) is 3.00. The van der Waals surface area contributed by atoms with E-state index >= 15 is 0 Å². The van der Waals surface area contributed by atoms with E-state index in [2.05, 4.69) is 5.32 Å². The molecule has 0 radical (unpaired) electrons. The molecule has 0 bridgehead atoms. The number of halogens is 1. The molecule has 4 heteroatoms. The first-order valence-corrected chi connectivity index (χ1v) is 7.30. The summed E-state index contributed by atoms with van der Waals surface area (Å²) in [5.41, 5.74) is 3.06. The van der Waals surface area contributed by atoms with Gasteiger partial charge in [-0.15, -0.1) is 11.6 Å². The first kappa shape index (κ1) is 12.9. The number of nitrogens with one attached hydrogen (secondary N) is 1. The average Bonchev–Trinajstić information content (AvgIpc) is 2.88. The highest BCUT2D eigenvalue weighted by Crippen LogP contribution is 2.24. The van der Waals surface area contributed by atoms with E-state index in [-0.39, 0.29) is 17.3 Å². The quantitative estimate of drug-likeness (QED) is 0.845. The highest BCUT2D eigenvalue weighted by molar-refractivity contribution is 6.20. The van der Waals surface area contributed by atoms with Crippen LogP contribution in [0.2, 0.25) is 0 Å². The van der Waals surface area contributed by atoms with Crippen LogP contribution >= 0.6 is 11.6 Å². The Morgan fingerprint density at radius 1 is 1.16 bits per heavy atom. The third kappa shape index (κ3) is 2.93. The zero-order chi connectivity index (χ0) is 13.2. The molecular weight excluding hydrogens is 262 g/mol. The molecule has 1 saturated carbocycles. The van der Waals surface area contributed by atoms with Crippen molar-refractivity contribution in [2.45, 2.75) is 50.3 Å². The number of hydrogen-bond donors (Lipinski definition) is 1.